The third kappa shape index (κ3) is 8.50. The van der Waals surface area contributed by atoms with Crippen LogP contribution < -0.4 is 0 Å². The second-order valence-electron chi connectivity index (χ2n) is 7.67. The molecule has 0 aromatic heterocycles. The number of carbonyl (C=O) groups excluding carboxylic acids is 1. The standard InChI is InChI=1S/C21H40O3/c1-3-24-20(22)19(2)21(23)17-15-13-11-9-7-5-4-6-8-10-12-14-16-18-21/h19,23H,3-18H2,1-2H3. The number of hydrogen-bond acceptors (Lipinski definition) is 3. The van der Waals surface area contributed by atoms with E-state index in [9.17, 15) is 9.90 Å². The molecule has 0 heterocycles. The minimum atomic E-state index is -0.886. The van der Waals surface area contributed by atoms with Gasteiger partial charge in [-0.1, -0.05) is 83.5 Å². The van der Waals surface area contributed by atoms with Crippen molar-refractivity contribution in [2.45, 2.75) is 116 Å². The first kappa shape index (κ1) is 21.5. The van der Waals surface area contributed by atoms with Gasteiger partial charge in [0.2, 0.25) is 0 Å². The van der Waals surface area contributed by atoms with E-state index in [-0.39, 0.29) is 5.97 Å². The number of ether oxygens (including phenoxy) is 1. The summed E-state index contributed by atoms with van der Waals surface area (Å²) in [4.78, 5) is 12.1. The Balaban J connectivity index is 2.56. The Morgan fingerprint density at radius 3 is 1.50 bits per heavy atom. The molecule has 1 saturated carbocycles. The Kier molecular flexibility index (Phi) is 11.4. The summed E-state index contributed by atoms with van der Waals surface area (Å²) in [5, 5.41) is 11.1. The maximum Gasteiger partial charge on any atom is 0.311 e. The van der Waals surface area contributed by atoms with Crippen molar-refractivity contribution in [1.29, 1.82) is 0 Å². The molecule has 0 radical (unpaired) electrons. The monoisotopic (exact) mass is 340 g/mol. The van der Waals surface area contributed by atoms with Gasteiger partial charge in [-0.2, -0.15) is 0 Å². The molecule has 1 aliphatic carbocycles. The van der Waals surface area contributed by atoms with Crippen molar-refractivity contribution in [3.05, 3.63) is 0 Å². The van der Waals surface area contributed by atoms with E-state index in [2.05, 4.69) is 0 Å². The minimum absolute atomic E-state index is 0.241. The number of esters is 1. The van der Waals surface area contributed by atoms with Gasteiger partial charge in [-0.3, -0.25) is 4.79 Å². The van der Waals surface area contributed by atoms with Crippen molar-refractivity contribution >= 4 is 5.97 Å². The molecule has 0 amide bonds. The van der Waals surface area contributed by atoms with Gasteiger partial charge < -0.3 is 9.84 Å². The van der Waals surface area contributed by atoms with Crippen molar-refractivity contribution < 1.29 is 14.6 Å². The van der Waals surface area contributed by atoms with Crippen LogP contribution in [0.1, 0.15) is 110 Å². The zero-order chi connectivity index (χ0) is 17.7. The summed E-state index contributed by atoms with van der Waals surface area (Å²) in [5.41, 5.74) is -0.886. The van der Waals surface area contributed by atoms with E-state index < -0.39 is 11.5 Å². The Morgan fingerprint density at radius 1 is 0.833 bits per heavy atom. The first-order valence-corrected chi connectivity index (χ1v) is 10.5. The van der Waals surface area contributed by atoms with Gasteiger partial charge in [0.1, 0.15) is 0 Å². The van der Waals surface area contributed by atoms with Crippen molar-refractivity contribution in [3.8, 4) is 0 Å². The van der Waals surface area contributed by atoms with Gasteiger partial charge in [-0.15, -0.1) is 0 Å². The molecule has 3 heteroatoms. The Bertz CT molecular complexity index is 311. The van der Waals surface area contributed by atoms with E-state index >= 15 is 0 Å². The fourth-order valence-electron chi connectivity index (χ4n) is 3.85. The van der Waals surface area contributed by atoms with Crippen LogP contribution in [0, 0.1) is 5.92 Å². The molecule has 0 aromatic carbocycles. The van der Waals surface area contributed by atoms with Crippen molar-refractivity contribution in [1.82, 2.24) is 0 Å². The van der Waals surface area contributed by atoms with Gasteiger partial charge in [-0.05, 0) is 26.7 Å². The highest BCUT2D eigenvalue weighted by molar-refractivity contribution is 5.73. The molecular formula is C21H40O3. The number of hydrogen-bond donors (Lipinski definition) is 1. The van der Waals surface area contributed by atoms with Crippen LogP contribution in [-0.2, 0) is 9.53 Å². The van der Waals surface area contributed by atoms with Crippen molar-refractivity contribution in [2.24, 2.45) is 5.92 Å². The predicted octanol–water partition coefficient (Wildman–Crippen LogP) is 5.78. The highest BCUT2D eigenvalue weighted by atomic mass is 16.5. The largest absolute Gasteiger partial charge is 0.466 e. The molecule has 142 valence electrons. The number of rotatable bonds is 3. The van der Waals surface area contributed by atoms with E-state index in [0.717, 1.165) is 38.5 Å². The van der Waals surface area contributed by atoms with Crippen LogP contribution >= 0.6 is 0 Å². The molecule has 0 saturated heterocycles. The van der Waals surface area contributed by atoms with E-state index in [1.807, 2.05) is 13.8 Å². The summed E-state index contributed by atoms with van der Waals surface area (Å²) < 4.78 is 5.16. The van der Waals surface area contributed by atoms with Gasteiger partial charge in [0.15, 0.2) is 0 Å². The fourth-order valence-corrected chi connectivity index (χ4v) is 3.85. The lowest BCUT2D eigenvalue weighted by atomic mass is 9.79. The zero-order valence-electron chi connectivity index (χ0n) is 16.2. The lowest BCUT2D eigenvalue weighted by Crippen LogP contribution is -2.41. The molecule has 0 aromatic rings. The van der Waals surface area contributed by atoms with E-state index in [0.29, 0.717) is 6.61 Å². The average Bonchev–Trinajstić information content (AvgIpc) is 2.56. The van der Waals surface area contributed by atoms with E-state index in [1.54, 1.807) is 0 Å². The molecule has 1 aliphatic rings. The minimum Gasteiger partial charge on any atom is -0.466 e. The zero-order valence-corrected chi connectivity index (χ0v) is 16.2. The van der Waals surface area contributed by atoms with Crippen LogP contribution in [0.4, 0.5) is 0 Å². The summed E-state index contributed by atoms with van der Waals surface area (Å²) in [6, 6.07) is 0. The number of aliphatic hydroxyl groups is 1. The third-order valence-electron chi connectivity index (χ3n) is 5.67. The Hall–Kier alpha value is -0.570. The van der Waals surface area contributed by atoms with E-state index in [4.69, 9.17) is 4.74 Å². The van der Waals surface area contributed by atoms with Gasteiger partial charge in [0.05, 0.1) is 18.1 Å². The maximum absolute atomic E-state index is 12.1. The summed E-state index contributed by atoms with van der Waals surface area (Å²) in [6.45, 7) is 4.06. The first-order chi connectivity index (χ1) is 11.6. The SMILES string of the molecule is CCOC(=O)C(C)C1(O)CCCCCCCCCCCCCCC1. The van der Waals surface area contributed by atoms with Crippen molar-refractivity contribution in [3.63, 3.8) is 0 Å². The lowest BCUT2D eigenvalue weighted by molar-refractivity contribution is -0.158. The molecule has 1 N–H and O–H groups in total. The molecule has 1 fully saturated rings. The normalized spacial score (nSPS) is 23.3. The maximum atomic E-state index is 12.1. The molecule has 0 aliphatic heterocycles. The lowest BCUT2D eigenvalue weighted by Gasteiger charge is -2.33. The van der Waals surface area contributed by atoms with Crippen LogP contribution in [0.25, 0.3) is 0 Å². The smallest absolute Gasteiger partial charge is 0.311 e. The van der Waals surface area contributed by atoms with E-state index in [1.165, 1.54) is 57.8 Å². The molecule has 0 spiro atoms. The Morgan fingerprint density at radius 2 is 1.17 bits per heavy atom. The van der Waals surface area contributed by atoms with Gasteiger partial charge >= 0.3 is 5.97 Å². The Labute approximate surface area is 149 Å². The molecule has 3 nitrogen and oxygen atoms in total. The van der Waals surface area contributed by atoms with Gasteiger partial charge in [0.25, 0.3) is 0 Å². The van der Waals surface area contributed by atoms with Crippen LogP contribution in [-0.4, -0.2) is 23.3 Å². The summed E-state index contributed by atoms with van der Waals surface area (Å²) in [5.74, 6) is -0.661. The first-order valence-electron chi connectivity index (χ1n) is 10.5. The molecule has 24 heavy (non-hydrogen) atoms. The van der Waals surface area contributed by atoms with Crippen molar-refractivity contribution in [2.75, 3.05) is 6.61 Å². The van der Waals surface area contributed by atoms with Gasteiger partial charge in [-0.25, -0.2) is 0 Å². The molecular weight excluding hydrogens is 300 g/mol. The molecule has 1 atom stereocenters. The fraction of sp³-hybridized carbons (Fsp3) is 0.952. The van der Waals surface area contributed by atoms with Crippen LogP contribution in [0.5, 0.6) is 0 Å². The quantitative estimate of drug-likeness (QED) is 0.662. The summed E-state index contributed by atoms with van der Waals surface area (Å²) >= 11 is 0. The summed E-state index contributed by atoms with van der Waals surface area (Å²) in [6.07, 6.45) is 17.8. The molecule has 1 rings (SSSR count). The average molecular weight is 341 g/mol. The van der Waals surface area contributed by atoms with Gasteiger partial charge in [0, 0.05) is 0 Å². The topological polar surface area (TPSA) is 46.5 Å². The molecule has 0 bridgehead atoms. The van der Waals surface area contributed by atoms with Crippen LogP contribution in [0.2, 0.25) is 0 Å². The second kappa shape index (κ2) is 12.7. The number of carbonyl (C=O) groups is 1. The second-order valence-corrected chi connectivity index (χ2v) is 7.67. The highest BCUT2D eigenvalue weighted by Crippen LogP contribution is 2.31. The van der Waals surface area contributed by atoms with Crippen LogP contribution in [0.15, 0.2) is 0 Å². The molecule has 1 unspecified atom stereocenters. The third-order valence-corrected chi connectivity index (χ3v) is 5.67. The van der Waals surface area contributed by atoms with Crippen LogP contribution in [0.3, 0.4) is 0 Å². The predicted molar refractivity (Wildman–Crippen MR) is 100 cm³/mol. The summed E-state index contributed by atoms with van der Waals surface area (Å²) in [7, 11) is 0. The highest BCUT2D eigenvalue weighted by Gasteiger charge is 2.38.